The zero-order valence-electron chi connectivity index (χ0n) is 11.4. The fraction of sp³-hybridized carbons (Fsp3) is 0.533. The number of carbonyl (C=O) groups excluding carboxylic acids is 1. The van der Waals surface area contributed by atoms with E-state index in [4.69, 9.17) is 0 Å². The van der Waals surface area contributed by atoms with Crippen LogP contribution in [-0.2, 0) is 11.3 Å². The van der Waals surface area contributed by atoms with Gasteiger partial charge in [-0.25, -0.2) is 4.39 Å². The van der Waals surface area contributed by atoms with Crippen molar-refractivity contribution in [2.24, 2.45) is 0 Å². The lowest BCUT2D eigenvalue weighted by atomic mass is 10.1. The number of hydrogen-bond acceptors (Lipinski definition) is 2. The van der Waals surface area contributed by atoms with Crippen LogP contribution in [0.25, 0.3) is 0 Å². The minimum atomic E-state index is -0.209. The lowest BCUT2D eigenvalue weighted by Crippen LogP contribution is -2.41. The quantitative estimate of drug-likeness (QED) is 0.833. The fourth-order valence-electron chi connectivity index (χ4n) is 2.45. The maximum absolute atomic E-state index is 13.5. The molecule has 104 valence electrons. The van der Waals surface area contributed by atoms with Crippen LogP contribution in [0.15, 0.2) is 24.3 Å². The van der Waals surface area contributed by atoms with Crippen molar-refractivity contribution in [3.8, 4) is 0 Å². The summed E-state index contributed by atoms with van der Waals surface area (Å²) in [7, 11) is 1.86. The molecule has 2 rings (SSSR count). The summed E-state index contributed by atoms with van der Waals surface area (Å²) in [4.78, 5) is 15.9. The lowest BCUT2D eigenvalue weighted by molar-refractivity contribution is -0.133. The SMILES string of the molecule is CN(CC(=O)N1CCCCC1)Cc1ccccc1F. The summed E-state index contributed by atoms with van der Waals surface area (Å²) in [6.07, 6.45) is 3.42. The van der Waals surface area contributed by atoms with Gasteiger partial charge in [0.2, 0.25) is 5.91 Å². The first kappa shape index (κ1) is 14.0. The van der Waals surface area contributed by atoms with Crippen LogP contribution in [0.5, 0.6) is 0 Å². The molecule has 1 saturated heterocycles. The molecule has 0 aromatic heterocycles. The van der Waals surface area contributed by atoms with Crippen LogP contribution >= 0.6 is 0 Å². The molecule has 4 heteroatoms. The molecule has 0 bridgehead atoms. The predicted octanol–water partition coefficient (Wildman–Crippen LogP) is 2.27. The van der Waals surface area contributed by atoms with Crippen LogP contribution in [-0.4, -0.2) is 42.4 Å². The first-order valence-corrected chi connectivity index (χ1v) is 6.86. The average Bonchev–Trinajstić information content (AvgIpc) is 2.42. The van der Waals surface area contributed by atoms with Crippen LogP contribution in [0.4, 0.5) is 4.39 Å². The topological polar surface area (TPSA) is 23.6 Å². The standard InChI is InChI=1S/C15H21FN2O/c1-17(11-13-7-3-4-8-14(13)16)12-15(19)18-9-5-2-6-10-18/h3-4,7-8H,2,5-6,9-12H2,1H3. The third kappa shape index (κ3) is 4.03. The highest BCUT2D eigenvalue weighted by Crippen LogP contribution is 2.11. The highest BCUT2D eigenvalue weighted by atomic mass is 19.1. The molecule has 1 aliphatic heterocycles. The summed E-state index contributed by atoms with van der Waals surface area (Å²) in [6.45, 7) is 2.55. The minimum absolute atomic E-state index is 0.151. The number of likely N-dealkylation sites (N-methyl/N-ethyl adjacent to an activating group) is 1. The molecular weight excluding hydrogens is 243 g/mol. The van der Waals surface area contributed by atoms with Gasteiger partial charge in [-0.05, 0) is 32.4 Å². The van der Waals surface area contributed by atoms with E-state index < -0.39 is 0 Å². The number of piperidine rings is 1. The second kappa shape index (κ2) is 6.66. The van der Waals surface area contributed by atoms with E-state index in [9.17, 15) is 9.18 Å². The van der Waals surface area contributed by atoms with E-state index in [1.165, 1.54) is 12.5 Å². The zero-order chi connectivity index (χ0) is 13.7. The minimum Gasteiger partial charge on any atom is -0.342 e. The van der Waals surface area contributed by atoms with Gasteiger partial charge in [0.15, 0.2) is 0 Å². The van der Waals surface area contributed by atoms with Crippen molar-refractivity contribution in [3.05, 3.63) is 35.6 Å². The number of halogens is 1. The van der Waals surface area contributed by atoms with Gasteiger partial charge >= 0.3 is 0 Å². The molecule has 1 amide bonds. The van der Waals surface area contributed by atoms with Crippen molar-refractivity contribution in [2.45, 2.75) is 25.8 Å². The van der Waals surface area contributed by atoms with Crippen molar-refractivity contribution in [1.82, 2.24) is 9.80 Å². The summed E-state index contributed by atoms with van der Waals surface area (Å²) in [5.41, 5.74) is 0.636. The van der Waals surface area contributed by atoms with Crippen molar-refractivity contribution in [1.29, 1.82) is 0 Å². The smallest absolute Gasteiger partial charge is 0.236 e. The summed E-state index contributed by atoms with van der Waals surface area (Å²) in [6, 6.07) is 6.71. The molecule has 0 spiro atoms. The molecule has 0 aliphatic carbocycles. The number of rotatable bonds is 4. The first-order chi connectivity index (χ1) is 9.16. The molecule has 0 unspecified atom stereocenters. The second-order valence-electron chi connectivity index (χ2n) is 5.21. The Hall–Kier alpha value is -1.42. The van der Waals surface area contributed by atoms with Crippen LogP contribution in [0.1, 0.15) is 24.8 Å². The van der Waals surface area contributed by atoms with E-state index in [1.54, 1.807) is 12.1 Å². The van der Waals surface area contributed by atoms with Gasteiger partial charge in [-0.2, -0.15) is 0 Å². The molecule has 1 aliphatic rings. The molecule has 0 atom stereocenters. The largest absolute Gasteiger partial charge is 0.342 e. The number of nitrogens with zero attached hydrogens (tertiary/aromatic N) is 2. The molecule has 19 heavy (non-hydrogen) atoms. The van der Waals surface area contributed by atoms with Crippen LogP contribution < -0.4 is 0 Å². The molecule has 1 fully saturated rings. The van der Waals surface area contributed by atoms with E-state index in [1.807, 2.05) is 22.9 Å². The Labute approximate surface area is 114 Å². The Balaban J connectivity index is 1.85. The lowest BCUT2D eigenvalue weighted by Gasteiger charge is -2.28. The number of likely N-dealkylation sites (tertiary alicyclic amines) is 1. The molecule has 1 aromatic rings. The number of benzene rings is 1. The Morgan fingerprint density at radius 1 is 1.26 bits per heavy atom. The number of amides is 1. The highest BCUT2D eigenvalue weighted by molar-refractivity contribution is 5.78. The van der Waals surface area contributed by atoms with Crippen LogP contribution in [0.3, 0.4) is 0 Å². The Kier molecular flexibility index (Phi) is 4.91. The highest BCUT2D eigenvalue weighted by Gasteiger charge is 2.18. The molecule has 3 nitrogen and oxygen atoms in total. The van der Waals surface area contributed by atoms with Gasteiger partial charge < -0.3 is 4.90 Å². The third-order valence-electron chi connectivity index (χ3n) is 3.51. The number of carbonyl (C=O) groups is 1. The molecule has 0 radical (unpaired) electrons. The summed E-state index contributed by atoms with van der Waals surface area (Å²) in [5.74, 6) is -0.0571. The van der Waals surface area contributed by atoms with Gasteiger partial charge in [0, 0.05) is 25.2 Å². The Morgan fingerprint density at radius 2 is 1.95 bits per heavy atom. The second-order valence-corrected chi connectivity index (χ2v) is 5.21. The van der Waals surface area contributed by atoms with Crippen molar-refractivity contribution in [3.63, 3.8) is 0 Å². The number of hydrogen-bond donors (Lipinski definition) is 0. The maximum Gasteiger partial charge on any atom is 0.236 e. The Bertz CT molecular complexity index is 430. The van der Waals surface area contributed by atoms with E-state index in [2.05, 4.69) is 0 Å². The fourth-order valence-corrected chi connectivity index (χ4v) is 2.45. The molecule has 1 aromatic carbocycles. The van der Waals surface area contributed by atoms with Crippen LogP contribution in [0, 0.1) is 5.82 Å². The maximum atomic E-state index is 13.5. The normalized spacial score (nSPS) is 15.8. The van der Waals surface area contributed by atoms with Crippen molar-refractivity contribution in [2.75, 3.05) is 26.7 Å². The van der Waals surface area contributed by atoms with Gasteiger partial charge in [0.1, 0.15) is 5.82 Å². The molecule has 0 N–H and O–H groups in total. The van der Waals surface area contributed by atoms with E-state index in [-0.39, 0.29) is 11.7 Å². The van der Waals surface area contributed by atoms with Gasteiger partial charge in [0.25, 0.3) is 0 Å². The molecular formula is C15H21FN2O. The van der Waals surface area contributed by atoms with Gasteiger partial charge in [-0.3, -0.25) is 9.69 Å². The van der Waals surface area contributed by atoms with Crippen LogP contribution in [0.2, 0.25) is 0 Å². The van der Waals surface area contributed by atoms with Gasteiger partial charge in [0.05, 0.1) is 6.54 Å². The molecule has 0 saturated carbocycles. The van der Waals surface area contributed by atoms with E-state index in [0.29, 0.717) is 18.7 Å². The summed E-state index contributed by atoms with van der Waals surface area (Å²) < 4.78 is 13.5. The van der Waals surface area contributed by atoms with Crippen molar-refractivity contribution < 1.29 is 9.18 Å². The van der Waals surface area contributed by atoms with Crippen molar-refractivity contribution >= 4 is 5.91 Å². The summed E-state index contributed by atoms with van der Waals surface area (Å²) in [5, 5.41) is 0. The third-order valence-corrected chi connectivity index (χ3v) is 3.51. The Morgan fingerprint density at radius 3 is 2.63 bits per heavy atom. The summed E-state index contributed by atoms with van der Waals surface area (Å²) >= 11 is 0. The first-order valence-electron chi connectivity index (χ1n) is 6.86. The average molecular weight is 264 g/mol. The van der Waals surface area contributed by atoms with E-state index in [0.717, 1.165) is 25.9 Å². The van der Waals surface area contributed by atoms with Gasteiger partial charge in [-0.1, -0.05) is 18.2 Å². The monoisotopic (exact) mass is 264 g/mol. The molecule has 1 heterocycles. The zero-order valence-corrected chi connectivity index (χ0v) is 11.4. The predicted molar refractivity (Wildman–Crippen MR) is 73.2 cm³/mol. The van der Waals surface area contributed by atoms with Gasteiger partial charge in [-0.15, -0.1) is 0 Å². The van der Waals surface area contributed by atoms with E-state index >= 15 is 0 Å².